The lowest BCUT2D eigenvalue weighted by atomic mass is 10.0. The van der Waals surface area contributed by atoms with E-state index in [9.17, 15) is 9.00 Å². The summed E-state index contributed by atoms with van der Waals surface area (Å²) in [6, 6.07) is 9.22. The highest BCUT2D eigenvalue weighted by Gasteiger charge is 2.13. The number of benzene rings is 1. The van der Waals surface area contributed by atoms with Gasteiger partial charge in [-0.25, -0.2) is 0 Å². The summed E-state index contributed by atoms with van der Waals surface area (Å²) in [5.74, 6) is -0.108. The van der Waals surface area contributed by atoms with E-state index in [1.807, 2.05) is 37.3 Å². The molecule has 0 aromatic heterocycles. The molecule has 0 fully saturated rings. The number of rotatable bonds is 6. The molecule has 3 unspecified atom stereocenters. The maximum atomic E-state index is 11.7. The minimum absolute atomic E-state index is 0.0399. The first-order valence-electron chi connectivity index (χ1n) is 5.90. The van der Waals surface area contributed by atoms with Crippen LogP contribution in [0.3, 0.4) is 0 Å². The van der Waals surface area contributed by atoms with E-state index in [2.05, 4.69) is 5.32 Å². The van der Waals surface area contributed by atoms with E-state index in [1.54, 1.807) is 6.26 Å². The van der Waals surface area contributed by atoms with Crippen molar-refractivity contribution < 1.29 is 9.00 Å². The maximum absolute atomic E-state index is 11.7. The summed E-state index contributed by atoms with van der Waals surface area (Å²) in [6.45, 7) is 2.26. The first-order chi connectivity index (χ1) is 8.50. The summed E-state index contributed by atoms with van der Waals surface area (Å²) in [7, 11) is -0.921. The smallest absolute Gasteiger partial charge is 0.221 e. The summed E-state index contributed by atoms with van der Waals surface area (Å²) in [5, 5.41) is 2.71. The Hall–Kier alpha value is -1.20. The molecular weight excluding hydrogens is 248 g/mol. The average Bonchev–Trinajstić information content (AvgIpc) is 2.36. The summed E-state index contributed by atoms with van der Waals surface area (Å²) < 4.78 is 11.1. The third kappa shape index (κ3) is 4.98. The molecule has 1 amide bonds. The molecule has 4 nitrogen and oxygen atoms in total. The molecule has 18 heavy (non-hydrogen) atoms. The molecule has 0 saturated carbocycles. The van der Waals surface area contributed by atoms with Crippen LogP contribution in [-0.2, 0) is 15.6 Å². The maximum Gasteiger partial charge on any atom is 0.221 e. The lowest BCUT2D eigenvalue weighted by molar-refractivity contribution is -0.121. The van der Waals surface area contributed by atoms with Crippen molar-refractivity contribution in [3.05, 3.63) is 35.9 Å². The fourth-order valence-electron chi connectivity index (χ4n) is 1.46. The molecule has 0 radical (unpaired) electrons. The topological polar surface area (TPSA) is 72.2 Å². The molecule has 1 rings (SSSR count). The molecule has 0 bridgehead atoms. The van der Waals surface area contributed by atoms with E-state index >= 15 is 0 Å². The van der Waals surface area contributed by atoms with Gasteiger partial charge in [0.1, 0.15) is 0 Å². The Bertz CT molecular complexity index is 409. The quantitative estimate of drug-likeness (QED) is 0.807. The largest absolute Gasteiger partial charge is 0.355 e. The SMILES string of the molecule is CC(CNC(=O)CC(N)c1ccccc1)S(C)=O. The lowest BCUT2D eigenvalue weighted by Crippen LogP contribution is -2.34. The van der Waals surface area contributed by atoms with Crippen LogP contribution in [0.1, 0.15) is 24.9 Å². The first kappa shape index (κ1) is 14.9. The van der Waals surface area contributed by atoms with Crippen LogP contribution in [0.5, 0.6) is 0 Å². The summed E-state index contributed by atoms with van der Waals surface area (Å²) >= 11 is 0. The van der Waals surface area contributed by atoms with Gasteiger partial charge in [0.25, 0.3) is 0 Å². The second-order valence-electron chi connectivity index (χ2n) is 4.33. The number of carbonyl (C=O) groups excluding carboxylic acids is 1. The monoisotopic (exact) mass is 268 g/mol. The van der Waals surface area contributed by atoms with Crippen molar-refractivity contribution in [1.82, 2.24) is 5.32 Å². The number of nitrogens with one attached hydrogen (secondary N) is 1. The Morgan fingerprint density at radius 3 is 2.56 bits per heavy atom. The number of hydrogen-bond donors (Lipinski definition) is 2. The normalized spacial score (nSPS) is 15.7. The highest BCUT2D eigenvalue weighted by atomic mass is 32.2. The predicted molar refractivity (Wildman–Crippen MR) is 74.5 cm³/mol. The molecule has 5 heteroatoms. The van der Waals surface area contributed by atoms with Gasteiger partial charge in [0.05, 0.1) is 0 Å². The van der Waals surface area contributed by atoms with Gasteiger partial charge in [-0.2, -0.15) is 0 Å². The van der Waals surface area contributed by atoms with Crippen LogP contribution in [0.15, 0.2) is 30.3 Å². The molecule has 0 aliphatic rings. The van der Waals surface area contributed by atoms with Crippen molar-refractivity contribution in [2.24, 2.45) is 5.73 Å². The highest BCUT2D eigenvalue weighted by molar-refractivity contribution is 7.84. The van der Waals surface area contributed by atoms with Crippen molar-refractivity contribution >= 4 is 16.7 Å². The van der Waals surface area contributed by atoms with Gasteiger partial charge in [-0.3, -0.25) is 9.00 Å². The molecular formula is C13H20N2O2S. The number of amides is 1. The fraction of sp³-hybridized carbons (Fsp3) is 0.462. The van der Waals surface area contributed by atoms with Crippen LogP contribution in [-0.4, -0.2) is 28.2 Å². The van der Waals surface area contributed by atoms with E-state index in [-0.39, 0.29) is 23.6 Å². The Morgan fingerprint density at radius 2 is 2.00 bits per heavy atom. The molecule has 0 heterocycles. The van der Waals surface area contributed by atoms with Crippen LogP contribution in [0.4, 0.5) is 0 Å². The van der Waals surface area contributed by atoms with E-state index < -0.39 is 10.8 Å². The van der Waals surface area contributed by atoms with Crippen LogP contribution in [0.2, 0.25) is 0 Å². The Morgan fingerprint density at radius 1 is 1.39 bits per heavy atom. The Kier molecular flexibility index (Phi) is 6.01. The van der Waals surface area contributed by atoms with Crippen molar-refractivity contribution in [3.8, 4) is 0 Å². The fourth-order valence-corrected chi connectivity index (χ4v) is 1.78. The standard InChI is InChI=1S/C13H20N2O2S/c1-10(18(2)17)9-15-13(16)8-12(14)11-6-4-3-5-7-11/h3-7,10,12H,8-9,14H2,1-2H3,(H,15,16). The van der Waals surface area contributed by atoms with Crippen LogP contribution in [0.25, 0.3) is 0 Å². The molecule has 0 aliphatic heterocycles. The van der Waals surface area contributed by atoms with Crippen LogP contribution in [0, 0.1) is 0 Å². The number of nitrogens with two attached hydrogens (primary N) is 1. The molecule has 0 aliphatic carbocycles. The molecule has 0 saturated heterocycles. The van der Waals surface area contributed by atoms with Crippen LogP contribution < -0.4 is 11.1 Å². The second kappa shape index (κ2) is 7.28. The van der Waals surface area contributed by atoms with Crippen molar-refractivity contribution in [2.75, 3.05) is 12.8 Å². The van der Waals surface area contributed by atoms with Crippen LogP contribution >= 0.6 is 0 Å². The van der Waals surface area contributed by atoms with Gasteiger partial charge < -0.3 is 11.1 Å². The zero-order valence-corrected chi connectivity index (χ0v) is 11.6. The van der Waals surface area contributed by atoms with Crippen molar-refractivity contribution in [3.63, 3.8) is 0 Å². The van der Waals surface area contributed by atoms with E-state index in [4.69, 9.17) is 5.73 Å². The van der Waals surface area contributed by atoms with Gasteiger partial charge in [0, 0.05) is 41.3 Å². The first-order valence-corrected chi connectivity index (χ1v) is 7.52. The van der Waals surface area contributed by atoms with Gasteiger partial charge in [-0.05, 0) is 12.5 Å². The third-order valence-corrected chi connectivity index (χ3v) is 4.09. The zero-order valence-electron chi connectivity index (χ0n) is 10.8. The highest BCUT2D eigenvalue weighted by Crippen LogP contribution is 2.12. The summed E-state index contributed by atoms with van der Waals surface area (Å²) in [5.41, 5.74) is 6.89. The van der Waals surface area contributed by atoms with E-state index in [1.165, 1.54) is 0 Å². The minimum Gasteiger partial charge on any atom is -0.355 e. The average molecular weight is 268 g/mol. The van der Waals surface area contributed by atoms with Gasteiger partial charge in [-0.15, -0.1) is 0 Å². The molecule has 3 N–H and O–H groups in total. The Labute approximate surface area is 110 Å². The second-order valence-corrected chi connectivity index (χ2v) is 6.14. The van der Waals surface area contributed by atoms with Gasteiger partial charge in [0.2, 0.25) is 5.91 Å². The number of carbonyl (C=O) groups is 1. The van der Waals surface area contributed by atoms with Gasteiger partial charge in [0.15, 0.2) is 0 Å². The molecule has 1 aromatic rings. The third-order valence-electron chi connectivity index (χ3n) is 2.79. The summed E-state index contributed by atoms with van der Waals surface area (Å²) in [6.07, 6.45) is 1.87. The molecule has 0 spiro atoms. The summed E-state index contributed by atoms with van der Waals surface area (Å²) in [4.78, 5) is 11.7. The molecule has 3 atom stereocenters. The lowest BCUT2D eigenvalue weighted by Gasteiger charge is -2.13. The van der Waals surface area contributed by atoms with E-state index in [0.717, 1.165) is 5.56 Å². The zero-order chi connectivity index (χ0) is 13.5. The molecule has 1 aromatic carbocycles. The van der Waals surface area contributed by atoms with Gasteiger partial charge in [-0.1, -0.05) is 30.3 Å². The van der Waals surface area contributed by atoms with E-state index in [0.29, 0.717) is 6.54 Å². The van der Waals surface area contributed by atoms with Crippen molar-refractivity contribution in [2.45, 2.75) is 24.6 Å². The van der Waals surface area contributed by atoms with Crippen molar-refractivity contribution in [1.29, 1.82) is 0 Å². The number of hydrogen-bond acceptors (Lipinski definition) is 3. The minimum atomic E-state index is -0.921. The Balaban J connectivity index is 2.39. The van der Waals surface area contributed by atoms with Gasteiger partial charge >= 0.3 is 0 Å². The predicted octanol–water partition coefficient (Wildman–Crippen LogP) is 0.960. The molecule has 100 valence electrons.